The van der Waals surface area contributed by atoms with Crippen molar-refractivity contribution in [3.8, 4) is 0 Å². The summed E-state index contributed by atoms with van der Waals surface area (Å²) in [5.74, 6) is 0.630. The Bertz CT molecular complexity index is 508. The van der Waals surface area contributed by atoms with Gasteiger partial charge in [0.05, 0.1) is 11.3 Å². The normalized spacial score (nSPS) is 20.1. The molecule has 1 aromatic heterocycles. The van der Waals surface area contributed by atoms with E-state index in [0.717, 1.165) is 32.1 Å². The maximum absolute atomic E-state index is 10.9. The van der Waals surface area contributed by atoms with Crippen LogP contribution >= 0.6 is 0 Å². The van der Waals surface area contributed by atoms with Crippen molar-refractivity contribution >= 4 is 17.5 Å². The average molecular weight is 276 g/mol. The number of pyridine rings is 1. The number of nitrogens with zero attached hydrogens (tertiary/aromatic N) is 3. The maximum Gasteiger partial charge on any atom is 0.337 e. The van der Waals surface area contributed by atoms with Crippen molar-refractivity contribution in [3.63, 3.8) is 0 Å². The molecule has 6 heteroatoms. The maximum atomic E-state index is 10.9. The van der Waals surface area contributed by atoms with Gasteiger partial charge in [-0.3, -0.25) is 4.90 Å². The van der Waals surface area contributed by atoms with E-state index >= 15 is 0 Å². The van der Waals surface area contributed by atoms with Gasteiger partial charge in [-0.15, -0.1) is 0 Å². The molecule has 2 aliphatic rings. The van der Waals surface area contributed by atoms with Crippen LogP contribution in [0.25, 0.3) is 0 Å². The number of anilines is 2. The molecule has 0 bridgehead atoms. The van der Waals surface area contributed by atoms with Gasteiger partial charge in [0.1, 0.15) is 0 Å². The number of hydrogen-bond acceptors (Lipinski definition) is 5. The number of carboxylic acid groups (broad SMARTS) is 1. The molecular weight excluding hydrogens is 256 g/mol. The third-order valence-electron chi connectivity index (χ3n) is 4.03. The van der Waals surface area contributed by atoms with Crippen LogP contribution < -0.4 is 10.6 Å². The first kappa shape index (κ1) is 13.2. The smallest absolute Gasteiger partial charge is 0.337 e. The van der Waals surface area contributed by atoms with Gasteiger partial charge in [-0.05, 0) is 24.8 Å². The molecule has 2 fully saturated rings. The van der Waals surface area contributed by atoms with E-state index in [4.69, 9.17) is 10.8 Å². The highest BCUT2D eigenvalue weighted by atomic mass is 16.4. The summed E-state index contributed by atoms with van der Waals surface area (Å²) < 4.78 is 0. The lowest BCUT2D eigenvalue weighted by molar-refractivity contribution is 0.0696. The van der Waals surface area contributed by atoms with Gasteiger partial charge >= 0.3 is 5.97 Å². The number of piperazine rings is 1. The predicted octanol–water partition coefficient (Wildman–Crippen LogP) is 0.894. The Morgan fingerprint density at radius 1 is 1.35 bits per heavy atom. The topological polar surface area (TPSA) is 82.7 Å². The highest BCUT2D eigenvalue weighted by Crippen LogP contribution is 2.30. The summed E-state index contributed by atoms with van der Waals surface area (Å²) in [4.78, 5) is 19.7. The fourth-order valence-electron chi connectivity index (χ4n) is 2.66. The van der Waals surface area contributed by atoms with Gasteiger partial charge in [0, 0.05) is 38.9 Å². The highest BCUT2D eigenvalue weighted by Gasteiger charge is 2.27. The molecule has 0 amide bonds. The van der Waals surface area contributed by atoms with Crippen molar-refractivity contribution in [2.75, 3.05) is 43.4 Å². The second-order valence-electron chi connectivity index (χ2n) is 5.67. The zero-order valence-corrected chi connectivity index (χ0v) is 11.5. The Kier molecular flexibility index (Phi) is 3.48. The Balaban J connectivity index is 1.63. The van der Waals surface area contributed by atoms with Crippen LogP contribution in [0.1, 0.15) is 23.2 Å². The molecule has 0 unspecified atom stereocenters. The first-order chi connectivity index (χ1) is 9.63. The van der Waals surface area contributed by atoms with Crippen LogP contribution in [0.2, 0.25) is 0 Å². The van der Waals surface area contributed by atoms with Gasteiger partial charge in [-0.1, -0.05) is 0 Å². The fourth-order valence-corrected chi connectivity index (χ4v) is 2.66. The quantitative estimate of drug-likeness (QED) is 0.850. The van der Waals surface area contributed by atoms with Gasteiger partial charge in [0.15, 0.2) is 5.82 Å². The first-order valence-electron chi connectivity index (χ1n) is 7.09. The molecule has 1 aliphatic heterocycles. The van der Waals surface area contributed by atoms with Crippen LogP contribution in [-0.2, 0) is 0 Å². The van der Waals surface area contributed by atoms with Crippen LogP contribution in [-0.4, -0.2) is 53.7 Å². The van der Waals surface area contributed by atoms with Crippen molar-refractivity contribution in [2.45, 2.75) is 12.8 Å². The lowest BCUT2D eigenvalue weighted by Gasteiger charge is -2.35. The summed E-state index contributed by atoms with van der Waals surface area (Å²) in [5, 5.41) is 8.92. The van der Waals surface area contributed by atoms with E-state index in [2.05, 4.69) is 14.8 Å². The first-order valence-corrected chi connectivity index (χ1v) is 7.09. The number of nitrogen functional groups attached to an aromatic ring is 1. The van der Waals surface area contributed by atoms with E-state index in [9.17, 15) is 4.79 Å². The van der Waals surface area contributed by atoms with Crippen LogP contribution in [0.3, 0.4) is 0 Å². The van der Waals surface area contributed by atoms with Crippen molar-refractivity contribution in [1.29, 1.82) is 0 Å². The molecule has 2 heterocycles. The largest absolute Gasteiger partial charge is 0.478 e. The van der Waals surface area contributed by atoms with Crippen molar-refractivity contribution in [3.05, 3.63) is 17.8 Å². The molecule has 6 nitrogen and oxygen atoms in total. The average Bonchev–Trinajstić information content (AvgIpc) is 3.24. The Morgan fingerprint density at radius 2 is 2.05 bits per heavy atom. The van der Waals surface area contributed by atoms with E-state index in [1.54, 1.807) is 0 Å². The van der Waals surface area contributed by atoms with Crippen LogP contribution in [0, 0.1) is 5.92 Å². The van der Waals surface area contributed by atoms with Gasteiger partial charge in [0.2, 0.25) is 0 Å². The molecule has 1 aromatic rings. The van der Waals surface area contributed by atoms with Gasteiger partial charge in [-0.25, -0.2) is 9.78 Å². The predicted molar refractivity (Wildman–Crippen MR) is 77.0 cm³/mol. The lowest BCUT2D eigenvalue weighted by atomic mass is 10.2. The molecule has 3 N–H and O–H groups in total. The molecule has 1 aliphatic carbocycles. The molecule has 108 valence electrons. The Labute approximate surface area is 118 Å². The van der Waals surface area contributed by atoms with E-state index in [-0.39, 0.29) is 5.56 Å². The number of aromatic carboxylic acids is 1. The Morgan fingerprint density at radius 3 is 2.60 bits per heavy atom. The van der Waals surface area contributed by atoms with Crippen LogP contribution in [0.4, 0.5) is 11.5 Å². The molecule has 1 saturated heterocycles. The van der Waals surface area contributed by atoms with Crippen molar-refractivity contribution in [2.24, 2.45) is 5.92 Å². The van der Waals surface area contributed by atoms with E-state index < -0.39 is 5.97 Å². The summed E-state index contributed by atoms with van der Waals surface area (Å²) in [6.45, 7) is 5.07. The molecule has 0 spiro atoms. The number of rotatable bonds is 4. The minimum atomic E-state index is -0.995. The number of carbonyl (C=O) groups is 1. The molecule has 20 heavy (non-hydrogen) atoms. The molecule has 1 saturated carbocycles. The Hall–Kier alpha value is -1.82. The second kappa shape index (κ2) is 5.28. The third-order valence-corrected chi connectivity index (χ3v) is 4.03. The highest BCUT2D eigenvalue weighted by molar-refractivity contribution is 5.89. The van der Waals surface area contributed by atoms with Gasteiger partial charge < -0.3 is 15.7 Å². The standard InChI is InChI=1S/C14H20N4O2/c15-12-7-11(14(19)20)8-16-13(12)18-5-3-17(4-6-18)9-10-1-2-10/h7-8,10H,1-6,9,15H2,(H,19,20). The third kappa shape index (κ3) is 2.85. The number of carboxylic acids is 1. The summed E-state index contributed by atoms with van der Waals surface area (Å²) in [6, 6.07) is 1.49. The lowest BCUT2D eigenvalue weighted by Crippen LogP contribution is -2.47. The molecule has 0 radical (unpaired) electrons. The molecule has 3 rings (SSSR count). The molecular formula is C14H20N4O2. The zero-order chi connectivity index (χ0) is 14.1. The molecule has 0 aromatic carbocycles. The number of hydrogen-bond donors (Lipinski definition) is 2. The minimum absolute atomic E-state index is 0.138. The van der Waals surface area contributed by atoms with E-state index in [0.29, 0.717) is 11.5 Å². The van der Waals surface area contributed by atoms with Gasteiger partial charge in [-0.2, -0.15) is 0 Å². The molecule has 0 atom stereocenters. The minimum Gasteiger partial charge on any atom is -0.478 e. The summed E-state index contributed by atoms with van der Waals surface area (Å²) >= 11 is 0. The fraction of sp³-hybridized carbons (Fsp3) is 0.571. The van der Waals surface area contributed by atoms with Crippen LogP contribution in [0.5, 0.6) is 0 Å². The zero-order valence-electron chi connectivity index (χ0n) is 11.5. The number of aromatic nitrogens is 1. The summed E-state index contributed by atoms with van der Waals surface area (Å²) in [5.41, 5.74) is 6.52. The van der Waals surface area contributed by atoms with E-state index in [1.165, 1.54) is 31.6 Å². The van der Waals surface area contributed by atoms with Crippen molar-refractivity contribution in [1.82, 2.24) is 9.88 Å². The second-order valence-corrected chi connectivity index (χ2v) is 5.67. The summed E-state index contributed by atoms with van der Waals surface area (Å²) in [7, 11) is 0. The van der Waals surface area contributed by atoms with Crippen molar-refractivity contribution < 1.29 is 9.90 Å². The monoisotopic (exact) mass is 276 g/mol. The summed E-state index contributed by atoms with van der Waals surface area (Å²) in [6.07, 6.45) is 4.14. The van der Waals surface area contributed by atoms with Crippen LogP contribution in [0.15, 0.2) is 12.3 Å². The van der Waals surface area contributed by atoms with E-state index in [1.807, 2.05) is 0 Å². The number of nitrogens with two attached hydrogens (primary N) is 1. The SMILES string of the molecule is Nc1cc(C(=O)O)cnc1N1CCN(CC2CC2)CC1. The van der Waals surface area contributed by atoms with Gasteiger partial charge in [0.25, 0.3) is 0 Å².